The van der Waals surface area contributed by atoms with Crippen LogP contribution in [0.1, 0.15) is 6.92 Å². The van der Waals surface area contributed by atoms with Gasteiger partial charge in [0.15, 0.2) is 17.6 Å². The van der Waals surface area contributed by atoms with Crippen molar-refractivity contribution in [2.75, 3.05) is 24.3 Å². The number of nitrogens with one attached hydrogen (secondary N) is 1. The van der Waals surface area contributed by atoms with E-state index in [1.54, 1.807) is 25.1 Å². The van der Waals surface area contributed by atoms with E-state index in [0.717, 1.165) is 4.90 Å². The van der Waals surface area contributed by atoms with Gasteiger partial charge in [-0.3, -0.25) is 9.59 Å². The summed E-state index contributed by atoms with van der Waals surface area (Å²) in [5, 5.41) is 2.71. The number of amides is 1. The van der Waals surface area contributed by atoms with Crippen LogP contribution in [0.25, 0.3) is 0 Å². The van der Waals surface area contributed by atoms with E-state index >= 15 is 0 Å². The first-order valence-corrected chi connectivity index (χ1v) is 9.18. The summed E-state index contributed by atoms with van der Waals surface area (Å²) in [5.41, 5.74) is 0.556. The molecule has 7 heteroatoms. The second kappa shape index (κ2) is 8.62. The summed E-state index contributed by atoms with van der Waals surface area (Å²) >= 11 is 1.36. The highest BCUT2D eigenvalue weighted by Crippen LogP contribution is 2.32. The lowest BCUT2D eigenvalue weighted by Crippen LogP contribution is -2.30. The SMILES string of the molecule is C[C@@H](OC(=O)CSc1ccccc1)C(=O)Nc1ccc2c(c1)OCCO2. The lowest BCUT2D eigenvalue weighted by Gasteiger charge is -2.19. The number of esters is 1. The minimum absolute atomic E-state index is 0.145. The van der Waals surface area contributed by atoms with Gasteiger partial charge in [-0.05, 0) is 31.2 Å². The smallest absolute Gasteiger partial charge is 0.317 e. The van der Waals surface area contributed by atoms with Crippen LogP contribution in [0, 0.1) is 0 Å². The Bertz CT molecular complexity index is 781. The molecule has 0 saturated carbocycles. The second-order valence-electron chi connectivity index (χ2n) is 5.58. The molecule has 1 aliphatic rings. The maximum absolute atomic E-state index is 12.2. The molecule has 26 heavy (non-hydrogen) atoms. The van der Waals surface area contributed by atoms with Gasteiger partial charge in [0.25, 0.3) is 5.91 Å². The van der Waals surface area contributed by atoms with Gasteiger partial charge >= 0.3 is 5.97 Å². The minimum atomic E-state index is -0.896. The third kappa shape index (κ3) is 4.92. The first-order chi connectivity index (χ1) is 12.6. The molecule has 0 aliphatic carbocycles. The summed E-state index contributed by atoms with van der Waals surface area (Å²) in [4.78, 5) is 25.1. The Morgan fingerprint density at radius 3 is 2.62 bits per heavy atom. The maximum Gasteiger partial charge on any atom is 0.317 e. The molecule has 1 heterocycles. The number of anilines is 1. The number of thioether (sulfide) groups is 1. The molecule has 0 unspecified atom stereocenters. The zero-order chi connectivity index (χ0) is 18.4. The zero-order valence-electron chi connectivity index (χ0n) is 14.3. The predicted octanol–water partition coefficient (Wildman–Crippen LogP) is 3.12. The van der Waals surface area contributed by atoms with Crippen molar-refractivity contribution in [3.05, 3.63) is 48.5 Å². The van der Waals surface area contributed by atoms with E-state index < -0.39 is 18.0 Å². The van der Waals surface area contributed by atoms with Gasteiger partial charge < -0.3 is 19.5 Å². The van der Waals surface area contributed by atoms with E-state index in [1.807, 2.05) is 30.3 Å². The van der Waals surface area contributed by atoms with Crippen molar-refractivity contribution in [1.29, 1.82) is 0 Å². The summed E-state index contributed by atoms with van der Waals surface area (Å²) in [6.45, 7) is 2.52. The summed E-state index contributed by atoms with van der Waals surface area (Å²) in [7, 11) is 0. The van der Waals surface area contributed by atoms with E-state index in [9.17, 15) is 9.59 Å². The molecular weight excluding hydrogens is 354 g/mol. The molecule has 6 nitrogen and oxygen atoms in total. The van der Waals surface area contributed by atoms with Crippen molar-refractivity contribution in [3.63, 3.8) is 0 Å². The molecular formula is C19H19NO5S. The van der Waals surface area contributed by atoms with Crippen LogP contribution in [-0.4, -0.2) is 36.9 Å². The molecule has 136 valence electrons. The highest BCUT2D eigenvalue weighted by atomic mass is 32.2. The van der Waals surface area contributed by atoms with E-state index in [-0.39, 0.29) is 5.75 Å². The Balaban J connectivity index is 1.49. The van der Waals surface area contributed by atoms with Crippen molar-refractivity contribution >= 4 is 29.3 Å². The average Bonchev–Trinajstić information content (AvgIpc) is 2.67. The van der Waals surface area contributed by atoms with Crippen molar-refractivity contribution in [2.24, 2.45) is 0 Å². The van der Waals surface area contributed by atoms with Gasteiger partial charge in [-0.15, -0.1) is 11.8 Å². The molecule has 0 aromatic heterocycles. The highest BCUT2D eigenvalue weighted by molar-refractivity contribution is 8.00. The fourth-order valence-electron chi connectivity index (χ4n) is 2.31. The molecule has 1 atom stereocenters. The Morgan fingerprint density at radius 1 is 1.12 bits per heavy atom. The first-order valence-electron chi connectivity index (χ1n) is 8.19. The van der Waals surface area contributed by atoms with E-state index in [0.29, 0.717) is 30.4 Å². The molecule has 2 aromatic rings. The van der Waals surface area contributed by atoms with E-state index in [1.165, 1.54) is 11.8 Å². The van der Waals surface area contributed by atoms with Crippen LogP contribution in [0.5, 0.6) is 11.5 Å². The summed E-state index contributed by atoms with van der Waals surface area (Å²) in [5.74, 6) is 0.527. The van der Waals surface area contributed by atoms with Crippen molar-refractivity contribution in [3.8, 4) is 11.5 Å². The monoisotopic (exact) mass is 373 g/mol. The van der Waals surface area contributed by atoms with Crippen LogP contribution in [-0.2, 0) is 14.3 Å². The van der Waals surface area contributed by atoms with Gasteiger partial charge in [0, 0.05) is 16.6 Å². The van der Waals surface area contributed by atoms with Crippen LogP contribution in [0.4, 0.5) is 5.69 Å². The molecule has 0 spiro atoms. The Kier molecular flexibility index (Phi) is 6.01. The molecule has 1 aliphatic heterocycles. The van der Waals surface area contributed by atoms with E-state index in [4.69, 9.17) is 14.2 Å². The quantitative estimate of drug-likeness (QED) is 0.619. The molecule has 0 bridgehead atoms. The lowest BCUT2D eigenvalue weighted by atomic mass is 10.2. The van der Waals surface area contributed by atoms with Crippen molar-refractivity contribution in [2.45, 2.75) is 17.9 Å². The van der Waals surface area contributed by atoms with E-state index in [2.05, 4.69) is 5.32 Å². The maximum atomic E-state index is 12.2. The average molecular weight is 373 g/mol. The largest absolute Gasteiger partial charge is 0.486 e. The Hall–Kier alpha value is -2.67. The number of carbonyl (C=O) groups is 2. The van der Waals surface area contributed by atoms with Crippen LogP contribution >= 0.6 is 11.8 Å². The van der Waals surface area contributed by atoms with Crippen molar-refractivity contribution in [1.82, 2.24) is 0 Å². The number of carbonyl (C=O) groups excluding carboxylic acids is 2. The van der Waals surface area contributed by atoms with Gasteiger partial charge in [0.05, 0.1) is 5.75 Å². The standard InChI is InChI=1S/C19H19NO5S/c1-13(25-18(21)12-26-15-5-3-2-4-6-15)19(22)20-14-7-8-16-17(11-14)24-10-9-23-16/h2-8,11,13H,9-10,12H2,1H3,(H,20,22)/t13-/m1/s1. The molecule has 0 saturated heterocycles. The molecule has 3 rings (SSSR count). The van der Waals surface area contributed by atoms with Crippen LogP contribution in [0.3, 0.4) is 0 Å². The molecule has 1 amide bonds. The van der Waals surface area contributed by atoms with Gasteiger partial charge in [0.2, 0.25) is 0 Å². The lowest BCUT2D eigenvalue weighted by molar-refractivity contribution is -0.150. The number of hydrogen-bond donors (Lipinski definition) is 1. The molecule has 1 N–H and O–H groups in total. The fourth-order valence-corrected chi connectivity index (χ4v) is 3.01. The molecule has 2 aromatic carbocycles. The number of rotatable bonds is 6. The normalized spacial score (nSPS) is 13.6. The van der Waals surface area contributed by atoms with Crippen LogP contribution < -0.4 is 14.8 Å². The van der Waals surface area contributed by atoms with Crippen LogP contribution in [0.15, 0.2) is 53.4 Å². The topological polar surface area (TPSA) is 73.9 Å². The van der Waals surface area contributed by atoms with Gasteiger partial charge in [0.1, 0.15) is 13.2 Å². The first kappa shape index (κ1) is 18.1. The third-order valence-corrected chi connectivity index (χ3v) is 4.57. The Labute approximate surface area is 155 Å². The number of ether oxygens (including phenoxy) is 3. The third-order valence-electron chi connectivity index (χ3n) is 3.59. The highest BCUT2D eigenvalue weighted by Gasteiger charge is 2.19. The second-order valence-corrected chi connectivity index (χ2v) is 6.63. The Morgan fingerprint density at radius 2 is 1.85 bits per heavy atom. The molecule has 0 radical (unpaired) electrons. The van der Waals surface area contributed by atoms with Gasteiger partial charge in [-0.25, -0.2) is 0 Å². The van der Waals surface area contributed by atoms with Crippen molar-refractivity contribution < 1.29 is 23.8 Å². The zero-order valence-corrected chi connectivity index (χ0v) is 15.1. The van der Waals surface area contributed by atoms with Crippen LogP contribution in [0.2, 0.25) is 0 Å². The number of hydrogen-bond acceptors (Lipinski definition) is 6. The number of benzene rings is 2. The van der Waals surface area contributed by atoms with Gasteiger partial charge in [-0.1, -0.05) is 18.2 Å². The van der Waals surface area contributed by atoms with Gasteiger partial charge in [-0.2, -0.15) is 0 Å². The minimum Gasteiger partial charge on any atom is -0.486 e. The summed E-state index contributed by atoms with van der Waals surface area (Å²) < 4.78 is 16.1. The predicted molar refractivity (Wildman–Crippen MR) is 98.8 cm³/mol. The fraction of sp³-hybridized carbons (Fsp3) is 0.263. The number of fused-ring (bicyclic) bond motifs is 1. The summed E-state index contributed by atoms with van der Waals surface area (Å²) in [6, 6.07) is 14.7. The molecule has 0 fully saturated rings. The summed E-state index contributed by atoms with van der Waals surface area (Å²) in [6.07, 6.45) is -0.896.